The number of sulfone groups is 1. The fourth-order valence-corrected chi connectivity index (χ4v) is 11.5. The Morgan fingerprint density at radius 1 is 0.984 bits per heavy atom. The maximum atomic E-state index is 15.2. The second-order valence-electron chi connectivity index (χ2n) is 17.7. The van der Waals surface area contributed by atoms with Gasteiger partial charge in [-0.1, -0.05) is 30.3 Å². The summed E-state index contributed by atoms with van der Waals surface area (Å²) in [6.07, 6.45) is 4.39. The molecule has 3 fully saturated rings. The average molecular weight is 877 g/mol. The van der Waals surface area contributed by atoms with Crippen molar-refractivity contribution in [2.45, 2.75) is 100 Å². The van der Waals surface area contributed by atoms with Crippen LogP contribution in [0.5, 0.6) is 6.01 Å². The molecule has 3 atom stereocenters. The van der Waals surface area contributed by atoms with E-state index in [1.807, 2.05) is 23.6 Å². The topological polar surface area (TPSA) is 172 Å². The number of rotatable bonds is 11. The van der Waals surface area contributed by atoms with Crippen LogP contribution in [0.1, 0.15) is 108 Å². The number of carbonyl (C=O) groups excluding carboxylic acids is 1. The number of H-pyrrole nitrogens is 1. The van der Waals surface area contributed by atoms with Crippen LogP contribution in [-0.2, 0) is 33.0 Å². The summed E-state index contributed by atoms with van der Waals surface area (Å²) in [5, 5.41) is 4.71. The van der Waals surface area contributed by atoms with Crippen molar-refractivity contribution in [1.82, 2.24) is 29.2 Å². The van der Waals surface area contributed by atoms with Gasteiger partial charge in [0.15, 0.2) is 15.7 Å². The van der Waals surface area contributed by atoms with E-state index in [1.54, 1.807) is 55.1 Å². The van der Waals surface area contributed by atoms with Crippen LogP contribution in [0.3, 0.4) is 0 Å². The first-order chi connectivity index (χ1) is 30.3. The summed E-state index contributed by atoms with van der Waals surface area (Å²) in [4.78, 5) is 52.0. The van der Waals surface area contributed by atoms with E-state index in [1.165, 1.54) is 10.1 Å². The van der Waals surface area contributed by atoms with E-state index >= 15 is 4.79 Å². The molecule has 2 aliphatic carbocycles. The van der Waals surface area contributed by atoms with Gasteiger partial charge < -0.3 is 18.9 Å². The monoisotopic (exact) mass is 876 g/mol. The van der Waals surface area contributed by atoms with Crippen molar-refractivity contribution in [2.75, 3.05) is 26.4 Å². The summed E-state index contributed by atoms with van der Waals surface area (Å²) in [5.74, 6) is -0.616. The molecule has 2 saturated carbocycles. The fourth-order valence-electron chi connectivity index (χ4n) is 9.86. The first-order valence-corrected chi connectivity index (χ1v) is 23.3. The highest BCUT2D eigenvalue weighted by Gasteiger charge is 2.59. The van der Waals surface area contributed by atoms with Crippen molar-refractivity contribution in [2.24, 2.45) is 5.92 Å². The predicted octanol–water partition coefficient (Wildman–Crippen LogP) is 6.61. The Hall–Kier alpha value is -5.87. The lowest BCUT2D eigenvalue weighted by Crippen LogP contribution is -2.44. The van der Waals surface area contributed by atoms with E-state index in [2.05, 4.69) is 29.2 Å². The number of halogens is 1. The third kappa shape index (κ3) is 7.01. The minimum atomic E-state index is -3.33. The lowest BCUT2D eigenvalue weighted by molar-refractivity contribution is 0.0656. The van der Waals surface area contributed by atoms with Crippen LogP contribution in [0.15, 0.2) is 79.7 Å². The van der Waals surface area contributed by atoms with Crippen LogP contribution < -0.4 is 16.1 Å². The van der Waals surface area contributed by atoms with Crippen LogP contribution in [-0.4, -0.2) is 75.1 Å². The van der Waals surface area contributed by atoms with Gasteiger partial charge in [-0.15, -0.1) is 0 Å². The standard InChI is InChI=1S/C47H49FN6O8S/c1-26-21-34(22-27(2)40(26)48)53-42(55)37-13-17-52(29(4)41(37)49-45(53)61-20-14-30-5-8-35(9-6-30)63(58,59)36-10-11-36)43(56)39-24-33-23-32(31-15-18-60-19-16-31)7-12-38(33)54(39)47(25-28(47)3)44-50-46(57)62-51-44/h5-9,12,21-24,28-29,31,36H,10-11,13-20,25H2,1-4H3,(H,50,51,57)/t28-,29-,47+/m1/s1. The minimum Gasteiger partial charge on any atom is -0.464 e. The maximum Gasteiger partial charge on any atom is 0.438 e. The molecule has 0 radical (unpaired) electrons. The first kappa shape index (κ1) is 41.2. The van der Waals surface area contributed by atoms with Crippen LogP contribution >= 0.6 is 0 Å². The summed E-state index contributed by atoms with van der Waals surface area (Å²) in [5.41, 5.74) is 4.00. The molecule has 1 N–H and O–H groups in total. The number of fused-ring (bicyclic) bond motifs is 2. The zero-order valence-corrected chi connectivity index (χ0v) is 36.5. The number of ether oxygens (including phenoxy) is 2. The molecule has 3 aromatic carbocycles. The van der Waals surface area contributed by atoms with Crippen molar-refractivity contribution < 1.29 is 31.6 Å². The van der Waals surface area contributed by atoms with Crippen molar-refractivity contribution in [3.63, 3.8) is 0 Å². The molecule has 3 aromatic heterocycles. The second-order valence-corrected chi connectivity index (χ2v) is 20.0. The Bertz CT molecular complexity index is 3010. The summed E-state index contributed by atoms with van der Waals surface area (Å²) in [6.45, 7) is 8.88. The van der Waals surface area contributed by atoms with Crippen LogP contribution in [0.2, 0.25) is 0 Å². The predicted molar refractivity (Wildman–Crippen MR) is 231 cm³/mol. The molecular formula is C47H49FN6O8S. The van der Waals surface area contributed by atoms with Crippen LogP contribution in [0.4, 0.5) is 4.39 Å². The van der Waals surface area contributed by atoms with Crippen LogP contribution in [0.25, 0.3) is 16.6 Å². The third-order valence-corrected chi connectivity index (χ3v) is 16.0. The zero-order chi connectivity index (χ0) is 43.9. The van der Waals surface area contributed by atoms with Gasteiger partial charge in [0.05, 0.1) is 34.2 Å². The van der Waals surface area contributed by atoms with E-state index in [-0.39, 0.29) is 54.0 Å². The molecule has 16 heteroatoms. The zero-order valence-electron chi connectivity index (χ0n) is 35.6. The van der Waals surface area contributed by atoms with Gasteiger partial charge in [0.1, 0.15) is 17.1 Å². The van der Waals surface area contributed by atoms with Crippen molar-refractivity contribution in [3.05, 3.63) is 132 Å². The Balaban J connectivity index is 1.02. The van der Waals surface area contributed by atoms with E-state index in [9.17, 15) is 22.4 Å². The Labute approximate surface area is 362 Å². The minimum absolute atomic E-state index is 0.00580. The molecule has 4 aliphatic rings. The lowest BCUT2D eigenvalue weighted by atomic mass is 9.91. The molecule has 0 spiro atoms. The number of aryl methyl sites for hydroxylation is 2. The van der Waals surface area contributed by atoms with Gasteiger partial charge in [0.2, 0.25) is 0 Å². The molecule has 5 heterocycles. The molecule has 63 heavy (non-hydrogen) atoms. The average Bonchev–Trinajstić information content (AvgIpc) is 4.17. The number of benzene rings is 3. The molecule has 6 aromatic rings. The van der Waals surface area contributed by atoms with Crippen molar-refractivity contribution >= 4 is 26.6 Å². The van der Waals surface area contributed by atoms with Crippen LogP contribution in [0, 0.1) is 25.6 Å². The molecule has 1 saturated heterocycles. The normalized spacial score (nSPS) is 21.4. The SMILES string of the molecule is Cc1cc(-n2c(OCCc3ccc(S(=O)(=O)C4CC4)cc3)nc3c(c2=O)CCN(C(=O)c2cc4cc(C5CCOCC5)ccc4n2[C@@]2(c4noc(=O)[nH]4)C[C@H]2C)[C@@H]3C)cc(C)c1F. The molecule has 0 unspecified atom stereocenters. The van der Waals surface area contributed by atoms with E-state index < -0.39 is 27.2 Å². The summed E-state index contributed by atoms with van der Waals surface area (Å²) in [7, 11) is -3.33. The van der Waals surface area contributed by atoms with Crippen molar-refractivity contribution in [3.8, 4) is 11.7 Å². The molecule has 328 valence electrons. The number of carbonyl (C=O) groups is 1. The summed E-state index contributed by atoms with van der Waals surface area (Å²) in [6, 6.07) is 17.5. The lowest BCUT2D eigenvalue weighted by Gasteiger charge is -2.35. The van der Waals surface area contributed by atoms with Gasteiger partial charge in [0, 0.05) is 42.6 Å². The molecule has 2 aliphatic heterocycles. The first-order valence-electron chi connectivity index (χ1n) is 21.8. The molecular weight excluding hydrogens is 828 g/mol. The Kier molecular flexibility index (Phi) is 10.1. The third-order valence-electron chi connectivity index (χ3n) is 13.7. The smallest absolute Gasteiger partial charge is 0.438 e. The molecule has 0 bridgehead atoms. The van der Waals surface area contributed by atoms with E-state index in [4.69, 9.17) is 19.0 Å². The van der Waals surface area contributed by atoms with Gasteiger partial charge in [0.25, 0.3) is 11.5 Å². The number of amides is 1. The fraction of sp³-hybridized carbons (Fsp3) is 0.426. The number of nitrogens with one attached hydrogen (secondary N) is 1. The van der Waals surface area contributed by atoms with Gasteiger partial charge in [-0.05, 0) is 136 Å². The largest absolute Gasteiger partial charge is 0.464 e. The Morgan fingerprint density at radius 3 is 2.35 bits per heavy atom. The molecule has 10 rings (SSSR count). The summed E-state index contributed by atoms with van der Waals surface area (Å²) >= 11 is 0. The highest BCUT2D eigenvalue weighted by atomic mass is 32.2. The molecule has 14 nitrogen and oxygen atoms in total. The maximum absolute atomic E-state index is 15.2. The van der Waals surface area contributed by atoms with Gasteiger partial charge in [-0.3, -0.25) is 19.1 Å². The van der Waals surface area contributed by atoms with Gasteiger partial charge >= 0.3 is 11.8 Å². The number of hydrogen-bond acceptors (Lipinski definition) is 10. The highest BCUT2D eigenvalue weighted by Crippen LogP contribution is 2.56. The summed E-state index contributed by atoms with van der Waals surface area (Å²) < 4.78 is 60.8. The van der Waals surface area contributed by atoms with E-state index in [0.29, 0.717) is 89.3 Å². The number of hydrogen-bond donors (Lipinski definition) is 1. The van der Waals surface area contributed by atoms with Crippen molar-refractivity contribution in [1.29, 1.82) is 0 Å². The van der Waals surface area contributed by atoms with Gasteiger partial charge in [-0.2, -0.15) is 4.98 Å². The Morgan fingerprint density at radius 2 is 1.70 bits per heavy atom. The second kappa shape index (κ2) is 15.4. The van der Waals surface area contributed by atoms with Gasteiger partial charge in [-0.25, -0.2) is 22.2 Å². The quantitative estimate of drug-likeness (QED) is 0.149. The number of nitrogens with zero attached hydrogens (tertiary/aromatic N) is 5. The van der Waals surface area contributed by atoms with E-state index in [0.717, 1.165) is 29.3 Å². The number of aromatic nitrogens is 5. The molecule has 1 amide bonds. The highest BCUT2D eigenvalue weighted by molar-refractivity contribution is 7.92. The number of aromatic amines is 1.